The molecule has 1 fully saturated rings. The fourth-order valence-electron chi connectivity index (χ4n) is 2.12. The van der Waals surface area contributed by atoms with E-state index in [-0.39, 0.29) is 22.4 Å². The summed E-state index contributed by atoms with van der Waals surface area (Å²) in [5, 5.41) is 3.18. The largest absolute Gasteiger partial charge is 0.336 e. The monoisotopic (exact) mass is 263 g/mol. The molecule has 0 aromatic carbocycles. The summed E-state index contributed by atoms with van der Waals surface area (Å²) in [7, 11) is 0. The fraction of sp³-hybridized carbons (Fsp3) is 0.571. The molecule has 0 atom stereocenters. The summed E-state index contributed by atoms with van der Waals surface area (Å²) < 4.78 is 0. The first-order valence-corrected chi connectivity index (χ1v) is 6.63. The van der Waals surface area contributed by atoms with Crippen molar-refractivity contribution < 1.29 is 4.79 Å². The van der Waals surface area contributed by atoms with E-state index in [1.54, 1.807) is 11.0 Å². The summed E-state index contributed by atoms with van der Waals surface area (Å²) in [6, 6.07) is 3.47. The molecule has 0 radical (unpaired) electrons. The molecule has 1 aromatic heterocycles. The zero-order chi connectivity index (χ0) is 14.0. The van der Waals surface area contributed by atoms with Gasteiger partial charge in [0.25, 0.3) is 11.5 Å². The Labute approximate surface area is 113 Å². The van der Waals surface area contributed by atoms with Crippen LogP contribution in [0.5, 0.6) is 0 Å². The first-order valence-electron chi connectivity index (χ1n) is 6.63. The van der Waals surface area contributed by atoms with Crippen LogP contribution < -0.4 is 10.9 Å². The summed E-state index contributed by atoms with van der Waals surface area (Å²) in [4.78, 5) is 28.8. The van der Waals surface area contributed by atoms with Gasteiger partial charge in [0.1, 0.15) is 5.56 Å². The molecular formula is C14H21N3O2. The van der Waals surface area contributed by atoms with Crippen molar-refractivity contribution in [3.8, 4) is 0 Å². The molecule has 2 rings (SSSR count). The molecule has 1 aliphatic heterocycles. The minimum absolute atomic E-state index is 0.129. The Kier molecular flexibility index (Phi) is 3.75. The van der Waals surface area contributed by atoms with Crippen LogP contribution in [0.2, 0.25) is 0 Å². The molecule has 0 aliphatic carbocycles. The van der Waals surface area contributed by atoms with Crippen LogP contribution in [-0.2, 0) is 5.41 Å². The Morgan fingerprint density at radius 2 is 1.84 bits per heavy atom. The molecule has 19 heavy (non-hydrogen) atoms. The maximum absolute atomic E-state index is 12.3. The molecule has 2 heterocycles. The smallest absolute Gasteiger partial charge is 0.261 e. The zero-order valence-electron chi connectivity index (χ0n) is 11.7. The van der Waals surface area contributed by atoms with E-state index in [4.69, 9.17) is 0 Å². The van der Waals surface area contributed by atoms with Crippen LogP contribution in [-0.4, -0.2) is 42.0 Å². The number of H-pyrrole nitrogens is 1. The third-order valence-corrected chi connectivity index (χ3v) is 3.35. The molecule has 1 amide bonds. The highest BCUT2D eigenvalue weighted by Gasteiger charge is 2.22. The lowest BCUT2D eigenvalue weighted by Crippen LogP contribution is -2.47. The molecule has 0 unspecified atom stereocenters. The average molecular weight is 263 g/mol. The highest BCUT2D eigenvalue weighted by atomic mass is 16.2. The van der Waals surface area contributed by atoms with Crippen molar-refractivity contribution in [3.63, 3.8) is 0 Å². The zero-order valence-corrected chi connectivity index (χ0v) is 11.7. The minimum atomic E-state index is -0.295. The van der Waals surface area contributed by atoms with Gasteiger partial charge < -0.3 is 15.2 Å². The lowest BCUT2D eigenvalue weighted by atomic mass is 9.91. The Hall–Kier alpha value is -1.62. The van der Waals surface area contributed by atoms with Gasteiger partial charge in [-0.15, -0.1) is 0 Å². The molecule has 104 valence electrons. The number of amides is 1. The number of aromatic amines is 1. The van der Waals surface area contributed by atoms with E-state index in [9.17, 15) is 9.59 Å². The standard InChI is InChI=1S/C14H21N3O2/c1-14(2,3)11-5-4-10(12(18)16-11)13(19)17-8-6-15-7-9-17/h4-5,15H,6-9H2,1-3H3,(H,16,18). The SMILES string of the molecule is CC(C)(C)c1ccc(C(=O)N2CCNCC2)c(=O)[nH]1. The van der Waals surface area contributed by atoms with E-state index in [1.807, 2.05) is 26.8 Å². The second-order valence-electron chi connectivity index (χ2n) is 5.91. The molecule has 2 N–H and O–H groups in total. The van der Waals surface area contributed by atoms with E-state index in [0.717, 1.165) is 18.8 Å². The number of pyridine rings is 1. The highest BCUT2D eigenvalue weighted by molar-refractivity contribution is 5.93. The Morgan fingerprint density at radius 1 is 1.21 bits per heavy atom. The van der Waals surface area contributed by atoms with Crippen LogP contribution in [0, 0.1) is 0 Å². The van der Waals surface area contributed by atoms with Crippen molar-refractivity contribution in [2.24, 2.45) is 0 Å². The lowest BCUT2D eigenvalue weighted by molar-refractivity contribution is 0.0734. The number of hydrogen-bond acceptors (Lipinski definition) is 3. The first kappa shape index (κ1) is 13.8. The van der Waals surface area contributed by atoms with Gasteiger partial charge >= 0.3 is 0 Å². The molecule has 0 spiro atoms. The number of nitrogens with one attached hydrogen (secondary N) is 2. The minimum Gasteiger partial charge on any atom is -0.336 e. The second-order valence-corrected chi connectivity index (χ2v) is 5.91. The normalized spacial score (nSPS) is 16.5. The third-order valence-electron chi connectivity index (χ3n) is 3.35. The van der Waals surface area contributed by atoms with Crippen LogP contribution in [0.3, 0.4) is 0 Å². The van der Waals surface area contributed by atoms with E-state index < -0.39 is 0 Å². The first-order chi connectivity index (χ1) is 8.89. The van der Waals surface area contributed by atoms with Crippen molar-refractivity contribution in [1.82, 2.24) is 15.2 Å². The van der Waals surface area contributed by atoms with Crippen LogP contribution in [0.1, 0.15) is 36.8 Å². The number of aromatic nitrogens is 1. The number of carbonyl (C=O) groups excluding carboxylic acids is 1. The number of hydrogen-bond donors (Lipinski definition) is 2. The summed E-state index contributed by atoms with van der Waals surface area (Å²) in [6.07, 6.45) is 0. The van der Waals surface area contributed by atoms with Gasteiger partial charge in [0.2, 0.25) is 0 Å². The van der Waals surface area contributed by atoms with Crippen molar-refractivity contribution in [1.29, 1.82) is 0 Å². The Morgan fingerprint density at radius 3 is 2.37 bits per heavy atom. The molecule has 1 saturated heterocycles. The molecular weight excluding hydrogens is 242 g/mol. The van der Waals surface area contributed by atoms with E-state index >= 15 is 0 Å². The van der Waals surface area contributed by atoms with E-state index in [1.165, 1.54) is 0 Å². The van der Waals surface area contributed by atoms with Crippen LogP contribution in [0.25, 0.3) is 0 Å². The van der Waals surface area contributed by atoms with Gasteiger partial charge in [0.15, 0.2) is 0 Å². The van der Waals surface area contributed by atoms with Gasteiger partial charge in [0.05, 0.1) is 0 Å². The summed E-state index contributed by atoms with van der Waals surface area (Å²) in [5.41, 5.74) is 0.649. The van der Waals surface area contributed by atoms with E-state index in [2.05, 4.69) is 10.3 Å². The van der Waals surface area contributed by atoms with Gasteiger partial charge in [0, 0.05) is 37.3 Å². The molecule has 5 heteroatoms. The highest BCUT2D eigenvalue weighted by Crippen LogP contribution is 2.18. The maximum Gasteiger partial charge on any atom is 0.261 e. The van der Waals surface area contributed by atoms with Crippen LogP contribution >= 0.6 is 0 Å². The van der Waals surface area contributed by atoms with Crippen molar-refractivity contribution in [3.05, 3.63) is 33.7 Å². The third kappa shape index (κ3) is 3.04. The van der Waals surface area contributed by atoms with Crippen LogP contribution in [0.15, 0.2) is 16.9 Å². The van der Waals surface area contributed by atoms with E-state index in [0.29, 0.717) is 13.1 Å². The number of nitrogens with zero attached hydrogens (tertiary/aromatic N) is 1. The predicted molar refractivity (Wildman–Crippen MR) is 74.5 cm³/mol. The fourth-order valence-corrected chi connectivity index (χ4v) is 2.12. The predicted octanol–water partition coefficient (Wildman–Crippen LogP) is 0.718. The summed E-state index contributed by atoms with van der Waals surface area (Å²) in [5.74, 6) is -0.178. The number of rotatable bonds is 1. The molecule has 1 aromatic rings. The summed E-state index contributed by atoms with van der Waals surface area (Å²) in [6.45, 7) is 8.94. The van der Waals surface area contributed by atoms with Crippen molar-refractivity contribution >= 4 is 5.91 Å². The quantitative estimate of drug-likeness (QED) is 0.784. The number of piperazine rings is 1. The molecule has 1 aliphatic rings. The topological polar surface area (TPSA) is 65.2 Å². The van der Waals surface area contributed by atoms with Crippen molar-refractivity contribution in [2.75, 3.05) is 26.2 Å². The van der Waals surface area contributed by atoms with Gasteiger partial charge in [-0.2, -0.15) is 0 Å². The summed E-state index contributed by atoms with van der Waals surface area (Å²) >= 11 is 0. The molecule has 0 saturated carbocycles. The lowest BCUT2D eigenvalue weighted by Gasteiger charge is -2.27. The van der Waals surface area contributed by atoms with Crippen LogP contribution in [0.4, 0.5) is 0 Å². The average Bonchev–Trinajstić information content (AvgIpc) is 2.38. The maximum atomic E-state index is 12.3. The molecule has 0 bridgehead atoms. The number of carbonyl (C=O) groups is 1. The molecule has 5 nitrogen and oxygen atoms in total. The Balaban J connectivity index is 2.26. The van der Waals surface area contributed by atoms with Gasteiger partial charge in [-0.3, -0.25) is 9.59 Å². The van der Waals surface area contributed by atoms with Gasteiger partial charge in [-0.05, 0) is 12.1 Å². The Bertz CT molecular complexity index is 522. The second kappa shape index (κ2) is 5.17. The van der Waals surface area contributed by atoms with Gasteiger partial charge in [-0.25, -0.2) is 0 Å². The van der Waals surface area contributed by atoms with Gasteiger partial charge in [-0.1, -0.05) is 20.8 Å². The van der Waals surface area contributed by atoms with Crippen molar-refractivity contribution in [2.45, 2.75) is 26.2 Å².